The van der Waals surface area contributed by atoms with Crippen molar-refractivity contribution in [2.75, 3.05) is 64.9 Å². The Balaban J connectivity index is 1.02. The molecule has 6 aromatic rings. The summed E-state index contributed by atoms with van der Waals surface area (Å²) in [4.78, 5) is 270. The number of carbonyl (C=O) groups is 17. The number of aromatic nitrogens is 4. The maximum atomic E-state index is 15.7. The third kappa shape index (κ3) is 28.1. The van der Waals surface area contributed by atoms with E-state index in [1.807, 2.05) is 13.8 Å². The van der Waals surface area contributed by atoms with Gasteiger partial charge in [0.15, 0.2) is 0 Å². The van der Waals surface area contributed by atoms with Gasteiger partial charge >= 0.3 is 0 Å². The zero-order valence-corrected chi connectivity index (χ0v) is 77.4. The first kappa shape index (κ1) is 104. The highest BCUT2D eigenvalue weighted by molar-refractivity contribution is 8.00. The van der Waals surface area contributed by atoms with Gasteiger partial charge in [-0.2, -0.15) is 0 Å². The maximum Gasteiger partial charge on any atom is 0.246 e. The van der Waals surface area contributed by atoms with Crippen molar-refractivity contribution in [1.29, 1.82) is 0 Å². The van der Waals surface area contributed by atoms with Crippen molar-refractivity contribution in [3.63, 3.8) is 0 Å². The quantitative estimate of drug-likeness (QED) is 0.0266. The van der Waals surface area contributed by atoms with E-state index in [-0.39, 0.29) is 108 Å². The van der Waals surface area contributed by atoms with E-state index in [4.69, 9.17) is 22.9 Å². The number of likely N-dealkylation sites (N-methyl/N-ethyl adjacent to an activating group) is 2. The van der Waals surface area contributed by atoms with E-state index in [1.165, 1.54) is 50.9 Å². The van der Waals surface area contributed by atoms with Gasteiger partial charge in [0.1, 0.15) is 90.3 Å². The molecule has 44 heteroatoms. The average molecular weight is 1900 g/mol. The molecule has 0 radical (unpaired) electrons. The lowest BCUT2D eigenvalue weighted by Gasteiger charge is -2.36. The Hall–Kier alpha value is -13.1. The van der Waals surface area contributed by atoms with Crippen LogP contribution in [-0.2, 0) is 107 Å². The number of fused-ring (bicyclic) bond motifs is 5. The number of rotatable bonds is 25. The van der Waals surface area contributed by atoms with Crippen LogP contribution in [0, 0.1) is 5.92 Å². The normalized spacial score (nSPS) is 25.8. The lowest BCUT2D eigenvalue weighted by molar-refractivity contribution is -0.149. The van der Waals surface area contributed by atoms with Crippen LogP contribution in [0.3, 0.4) is 0 Å². The van der Waals surface area contributed by atoms with Crippen LogP contribution in [-0.4, -0.2) is 322 Å². The molecule has 732 valence electrons. The summed E-state index contributed by atoms with van der Waals surface area (Å²) in [6.45, 7) is 4.50. The second kappa shape index (κ2) is 49.2. The number of hydrogen-bond donors (Lipinski definition) is 20. The summed E-state index contributed by atoms with van der Waals surface area (Å²) in [5.74, 6) is -17.4. The monoisotopic (exact) mass is 1890 g/mol. The summed E-state index contributed by atoms with van der Waals surface area (Å²) in [7, 11) is 2.71. The minimum Gasteiger partial charge on any atom is -0.508 e. The molecule has 0 bridgehead atoms. The number of para-hydroxylation sites is 2. The average Bonchev–Trinajstić information content (AvgIpc) is 1.79. The maximum absolute atomic E-state index is 15.7. The summed E-state index contributed by atoms with van der Waals surface area (Å²) >= 11 is 0.779. The van der Waals surface area contributed by atoms with E-state index >= 15 is 47.9 Å². The van der Waals surface area contributed by atoms with Gasteiger partial charge < -0.3 is 131 Å². The minimum absolute atomic E-state index is 0.000625. The lowest BCUT2D eigenvalue weighted by Crippen LogP contribution is -2.62. The minimum atomic E-state index is -1.88. The number of aromatic hydroxyl groups is 1. The van der Waals surface area contributed by atoms with Crippen molar-refractivity contribution in [2.45, 2.75) is 240 Å². The number of aliphatic hydroxyl groups excluding tert-OH is 2. The fraction of sp³-hybridized carbons (Fsp3) is 0.538. The number of primary amides is 2. The third-order valence-corrected chi connectivity index (χ3v) is 25.7. The molecule has 0 aliphatic carbocycles. The number of carbonyl (C=O) groups excluding carboxylic acids is 17. The second-order valence-electron chi connectivity index (χ2n) is 35.3. The predicted molar refractivity (Wildman–Crippen MR) is 495 cm³/mol. The Labute approximate surface area is 784 Å². The number of H-pyrrole nitrogens is 3. The smallest absolute Gasteiger partial charge is 0.246 e. The number of unbranched alkanes of at least 4 members (excludes halogenated alkanes) is 2. The zero-order chi connectivity index (χ0) is 98.0. The van der Waals surface area contributed by atoms with Crippen LogP contribution in [0.15, 0.2) is 97.7 Å². The van der Waals surface area contributed by atoms with Crippen molar-refractivity contribution in [1.82, 2.24) is 97.6 Å². The summed E-state index contributed by atoms with van der Waals surface area (Å²) < 4.78 is 0. The van der Waals surface area contributed by atoms with E-state index in [1.54, 1.807) is 74.8 Å². The van der Waals surface area contributed by atoms with Gasteiger partial charge in [-0.3, -0.25) is 81.5 Å². The fourth-order valence-electron chi connectivity index (χ4n) is 17.5. The van der Waals surface area contributed by atoms with Crippen LogP contribution in [0.4, 0.5) is 0 Å². The van der Waals surface area contributed by atoms with Gasteiger partial charge in [-0.15, -0.1) is 11.8 Å². The van der Waals surface area contributed by atoms with Gasteiger partial charge in [-0.05, 0) is 105 Å². The molecule has 135 heavy (non-hydrogen) atoms. The van der Waals surface area contributed by atoms with Crippen LogP contribution in [0.25, 0.3) is 21.8 Å². The number of amides is 17. The lowest BCUT2D eigenvalue weighted by atomic mass is 10.00. The zero-order valence-electron chi connectivity index (χ0n) is 76.6. The van der Waals surface area contributed by atoms with Crippen LogP contribution in [0.2, 0.25) is 0 Å². The van der Waals surface area contributed by atoms with Gasteiger partial charge in [0, 0.05) is 124 Å². The summed E-state index contributed by atoms with van der Waals surface area (Å²) in [6.07, 6.45) is 3.73. The molecular formula is C91H127N23O20S. The predicted octanol–water partition coefficient (Wildman–Crippen LogP) is -3.37. The number of benzene rings is 3. The number of nitrogens with zero attached hydrogens (tertiary/aromatic N) is 6. The number of phenols is 1. The van der Waals surface area contributed by atoms with Crippen LogP contribution in [0.5, 0.6) is 5.75 Å². The second-order valence-corrected chi connectivity index (χ2v) is 36.3. The van der Waals surface area contributed by atoms with Crippen molar-refractivity contribution < 1.29 is 96.8 Å². The van der Waals surface area contributed by atoms with Crippen molar-refractivity contribution >= 4 is 134 Å². The number of imidazole rings is 1. The molecule has 7 heterocycles. The number of nitrogens with two attached hydrogens (primary N) is 4. The van der Waals surface area contributed by atoms with E-state index in [0.717, 1.165) is 36.3 Å². The number of phenolic OH excluding ortho intramolecular Hbond substituents is 1. The summed E-state index contributed by atoms with van der Waals surface area (Å²) in [6, 6.07) is -2.89. The molecule has 16 atom stereocenters. The molecule has 0 unspecified atom stereocenters. The van der Waals surface area contributed by atoms with Gasteiger partial charge in [0.25, 0.3) is 0 Å². The fourth-order valence-corrected chi connectivity index (χ4v) is 18.4. The molecule has 3 aromatic carbocycles. The standard InChI is InChI=1S/C91H127N23O20S/c1-7-9-22-70-83(126)102-61(21-15-29-92)79(122)109-69(78(121)99-42-76(95)119)46-135-47-77(120)101-65(32-50-25-27-55(116)28-26-50)90(133)113-43-53(93)35-73(113)85(128)107-67(38-75(94)118)88(131)112-30-16-24-71(112)84(127)104-63(36-54-41-96-48-100-54)81(124)105-64(31-49(3)4)89(132)114-44-56(117)37-74(114)86(129)103-62(33-51-39-97-59-19-13-11-17-57(51)59)80(123)108-68(45-115)82(125)106-66(34-52-40-98-60-20-14-12-18-58(52)60)87(130)111(6)72(23-10-8-2)91(134)110(70)5/h11-14,17-20,25-28,39-41,48-49,53,56,61-74,97-98,115-117H,7-10,15-16,21-24,29-38,42-47,92-93H2,1-6H3,(H2,94,118)(H2,95,119)(H,96,100)(H,99,121)(H,101,120)(H,102,126)(H,103,129)(H,104,127)(H,105,124)(H,106,125)(H,107,128)(H,108,123)(H,109,122)/t53-,56+,61-,62-,63-,64-,65-,66-,67-,68-,69-,70-,71-,72-,73-,74-/m0/s1. The van der Waals surface area contributed by atoms with Crippen molar-refractivity contribution in [3.05, 3.63) is 120 Å². The number of thioether (sulfide) groups is 1. The summed E-state index contributed by atoms with van der Waals surface area (Å²) in [5.41, 5.74) is 26.7. The van der Waals surface area contributed by atoms with E-state index in [2.05, 4.69) is 73.1 Å². The number of aromatic amines is 3. The molecule has 10 rings (SSSR count). The van der Waals surface area contributed by atoms with E-state index in [0.29, 0.717) is 69.9 Å². The summed E-state index contributed by atoms with van der Waals surface area (Å²) in [5, 5.41) is 60.9. The largest absolute Gasteiger partial charge is 0.508 e. The molecule has 24 N–H and O–H groups in total. The highest BCUT2D eigenvalue weighted by Crippen LogP contribution is 2.29. The van der Waals surface area contributed by atoms with Gasteiger partial charge in [-0.1, -0.05) is 102 Å². The molecule has 3 aromatic heterocycles. The Morgan fingerprint density at radius 2 is 1.07 bits per heavy atom. The van der Waals surface area contributed by atoms with Gasteiger partial charge in [0.05, 0.1) is 37.8 Å². The number of aliphatic hydroxyl groups is 2. The Morgan fingerprint density at radius 1 is 0.541 bits per heavy atom. The first-order valence-corrected chi connectivity index (χ1v) is 46.8. The van der Waals surface area contributed by atoms with Gasteiger partial charge in [0.2, 0.25) is 100 Å². The molecule has 43 nitrogen and oxygen atoms in total. The third-order valence-electron chi connectivity index (χ3n) is 24.6. The molecule has 4 aliphatic heterocycles. The first-order valence-electron chi connectivity index (χ1n) is 45.7. The van der Waals surface area contributed by atoms with Crippen molar-refractivity contribution in [3.8, 4) is 5.75 Å². The SMILES string of the molecule is CCCC[C@H]1C(=O)N(C)[C@@H](CCCC)C(=O)N[C@@H](CCCN)C(=O)N[C@H](C(=O)NCC(N)=O)CSCC(=O)N[C@@H](Cc2ccc(O)cc2)C(=O)N2C[C@@H](N)C[C@H]2C(=O)N[C@@H](CC(N)=O)C(=O)N2CCC[C@H]2C(=O)N[C@@H](Cc2cnc[nH]2)C(=O)N[C@@H](CC(C)C)C(=O)N2C[C@H](O)C[C@H]2C(=O)N[C@@H](Cc2c[nH]c3ccccc23)C(=O)N[C@@H](CO)C(=O)N[C@@H](Cc2c[nH]c3ccccc23)C(=O)N1C. The molecular weight excluding hydrogens is 1770 g/mol. The topological polar surface area (TPSA) is 652 Å². The molecule has 4 saturated heterocycles. The van der Waals surface area contributed by atoms with Gasteiger partial charge in [-0.25, -0.2) is 4.98 Å². The Morgan fingerprint density at radius 3 is 1.67 bits per heavy atom. The number of nitrogens with one attached hydrogen (secondary N) is 13. The Bertz CT molecular complexity index is 5210. The highest BCUT2D eigenvalue weighted by Gasteiger charge is 2.48. The molecule has 17 amide bonds. The Kier molecular flexibility index (Phi) is 37.9. The van der Waals surface area contributed by atoms with Crippen LogP contribution >= 0.6 is 11.8 Å². The van der Waals surface area contributed by atoms with Crippen molar-refractivity contribution in [2.24, 2.45) is 28.9 Å². The number of hydrogen-bond acceptors (Lipinski definition) is 24. The molecule has 4 fully saturated rings. The van der Waals surface area contributed by atoms with Crippen LogP contribution < -0.4 is 76.1 Å². The molecule has 0 spiro atoms. The highest BCUT2D eigenvalue weighted by atomic mass is 32.2. The molecule has 4 aliphatic rings. The van der Waals surface area contributed by atoms with Crippen LogP contribution in [0.1, 0.15) is 140 Å². The first-order chi connectivity index (χ1) is 64.5. The van der Waals surface area contributed by atoms with E-state index < -0.39 is 241 Å². The van der Waals surface area contributed by atoms with E-state index in [9.17, 15) is 48.9 Å². The molecule has 0 saturated carbocycles.